The molecule has 0 bridgehead atoms. The number of aromatic nitrogens is 1. The summed E-state index contributed by atoms with van der Waals surface area (Å²) in [7, 11) is 1.92. The molecule has 1 N–H and O–H groups in total. The van der Waals surface area contributed by atoms with E-state index in [4.69, 9.17) is 4.74 Å². The fourth-order valence-corrected chi connectivity index (χ4v) is 1.09. The SMILES string of the molecule is C=CCCOc1cc(CNC)ccn1. The Hall–Kier alpha value is -1.35. The van der Waals surface area contributed by atoms with E-state index in [0.717, 1.165) is 13.0 Å². The second kappa shape index (κ2) is 6.16. The first kappa shape index (κ1) is 10.7. The van der Waals surface area contributed by atoms with E-state index >= 15 is 0 Å². The van der Waals surface area contributed by atoms with Crippen molar-refractivity contribution in [2.45, 2.75) is 13.0 Å². The second-order valence-corrected chi connectivity index (χ2v) is 2.96. The Kier molecular flexibility index (Phi) is 4.72. The summed E-state index contributed by atoms with van der Waals surface area (Å²) in [5, 5.41) is 3.08. The number of hydrogen-bond acceptors (Lipinski definition) is 3. The summed E-state index contributed by atoms with van der Waals surface area (Å²) in [6, 6.07) is 3.91. The molecule has 1 heterocycles. The van der Waals surface area contributed by atoms with Gasteiger partial charge in [0.2, 0.25) is 5.88 Å². The third-order valence-corrected chi connectivity index (χ3v) is 1.75. The van der Waals surface area contributed by atoms with E-state index in [1.807, 2.05) is 25.3 Å². The smallest absolute Gasteiger partial charge is 0.213 e. The summed E-state index contributed by atoms with van der Waals surface area (Å²) < 4.78 is 5.42. The van der Waals surface area contributed by atoms with Crippen LogP contribution in [0.3, 0.4) is 0 Å². The van der Waals surface area contributed by atoms with Crippen LogP contribution in [0.5, 0.6) is 5.88 Å². The third-order valence-electron chi connectivity index (χ3n) is 1.75. The highest BCUT2D eigenvalue weighted by atomic mass is 16.5. The van der Waals surface area contributed by atoms with Crippen LogP contribution in [0, 0.1) is 0 Å². The van der Waals surface area contributed by atoms with Crippen molar-refractivity contribution in [1.29, 1.82) is 0 Å². The molecule has 0 fully saturated rings. The lowest BCUT2D eigenvalue weighted by atomic mass is 10.3. The van der Waals surface area contributed by atoms with Gasteiger partial charge in [0, 0.05) is 18.8 Å². The van der Waals surface area contributed by atoms with E-state index in [1.165, 1.54) is 5.56 Å². The second-order valence-electron chi connectivity index (χ2n) is 2.96. The minimum atomic E-state index is 0.638. The molecule has 0 aromatic carbocycles. The summed E-state index contributed by atoms with van der Waals surface area (Å²) in [5.74, 6) is 0.680. The molecule has 0 radical (unpaired) electrons. The quantitative estimate of drug-likeness (QED) is 0.551. The van der Waals surface area contributed by atoms with Gasteiger partial charge in [-0.25, -0.2) is 4.98 Å². The molecule has 0 aliphatic carbocycles. The predicted molar refractivity (Wildman–Crippen MR) is 57.3 cm³/mol. The largest absolute Gasteiger partial charge is 0.477 e. The molecular formula is C11H16N2O. The van der Waals surface area contributed by atoms with Crippen molar-refractivity contribution in [1.82, 2.24) is 10.3 Å². The van der Waals surface area contributed by atoms with E-state index in [1.54, 1.807) is 6.20 Å². The molecule has 0 aliphatic heterocycles. The molecule has 14 heavy (non-hydrogen) atoms. The molecule has 0 saturated carbocycles. The van der Waals surface area contributed by atoms with Gasteiger partial charge in [-0.2, -0.15) is 0 Å². The van der Waals surface area contributed by atoms with Gasteiger partial charge in [-0.1, -0.05) is 6.08 Å². The van der Waals surface area contributed by atoms with Crippen LogP contribution in [0.25, 0.3) is 0 Å². The Morgan fingerprint density at radius 2 is 2.50 bits per heavy atom. The Balaban J connectivity index is 2.50. The fourth-order valence-electron chi connectivity index (χ4n) is 1.09. The van der Waals surface area contributed by atoms with Gasteiger partial charge in [0.25, 0.3) is 0 Å². The molecule has 0 amide bonds. The molecule has 0 atom stereocenters. The number of hydrogen-bond donors (Lipinski definition) is 1. The molecule has 1 aromatic rings. The van der Waals surface area contributed by atoms with Gasteiger partial charge in [-0.3, -0.25) is 0 Å². The van der Waals surface area contributed by atoms with E-state index in [2.05, 4.69) is 16.9 Å². The van der Waals surface area contributed by atoms with Crippen molar-refractivity contribution < 1.29 is 4.74 Å². The summed E-state index contributed by atoms with van der Waals surface area (Å²) >= 11 is 0. The van der Waals surface area contributed by atoms with Crippen molar-refractivity contribution in [2.24, 2.45) is 0 Å². The molecule has 0 unspecified atom stereocenters. The van der Waals surface area contributed by atoms with Crippen molar-refractivity contribution >= 4 is 0 Å². The van der Waals surface area contributed by atoms with Crippen LogP contribution >= 0.6 is 0 Å². The van der Waals surface area contributed by atoms with E-state index in [-0.39, 0.29) is 0 Å². The van der Waals surface area contributed by atoms with Gasteiger partial charge in [-0.15, -0.1) is 6.58 Å². The zero-order chi connectivity index (χ0) is 10.2. The number of nitrogens with one attached hydrogen (secondary N) is 1. The van der Waals surface area contributed by atoms with Crippen LogP contribution in [-0.4, -0.2) is 18.6 Å². The first-order chi connectivity index (χ1) is 6.86. The highest BCUT2D eigenvalue weighted by Gasteiger charge is 1.96. The van der Waals surface area contributed by atoms with Crippen LogP contribution in [-0.2, 0) is 6.54 Å². The summed E-state index contributed by atoms with van der Waals surface area (Å²) in [6.45, 7) is 5.10. The van der Waals surface area contributed by atoms with Gasteiger partial charge in [0.1, 0.15) is 0 Å². The zero-order valence-electron chi connectivity index (χ0n) is 8.49. The molecule has 0 aliphatic rings. The average molecular weight is 192 g/mol. The Morgan fingerprint density at radius 1 is 1.64 bits per heavy atom. The van der Waals surface area contributed by atoms with Crippen LogP contribution < -0.4 is 10.1 Å². The monoisotopic (exact) mass is 192 g/mol. The zero-order valence-corrected chi connectivity index (χ0v) is 8.49. The number of pyridine rings is 1. The maximum absolute atomic E-state index is 5.42. The van der Waals surface area contributed by atoms with Gasteiger partial charge >= 0.3 is 0 Å². The Morgan fingerprint density at radius 3 is 3.21 bits per heavy atom. The third kappa shape index (κ3) is 3.58. The van der Waals surface area contributed by atoms with Crippen molar-refractivity contribution in [3.05, 3.63) is 36.5 Å². The van der Waals surface area contributed by atoms with Gasteiger partial charge < -0.3 is 10.1 Å². The molecule has 0 spiro atoms. The number of ether oxygens (including phenoxy) is 1. The van der Waals surface area contributed by atoms with Crippen LogP contribution in [0.1, 0.15) is 12.0 Å². The van der Waals surface area contributed by atoms with Crippen LogP contribution in [0.15, 0.2) is 31.0 Å². The standard InChI is InChI=1S/C11H16N2O/c1-3-4-7-14-11-8-10(9-12-2)5-6-13-11/h3,5-6,8,12H,1,4,7,9H2,2H3. The van der Waals surface area contributed by atoms with Crippen LogP contribution in [0.2, 0.25) is 0 Å². The van der Waals surface area contributed by atoms with E-state index in [0.29, 0.717) is 12.5 Å². The number of nitrogens with zero attached hydrogens (tertiary/aromatic N) is 1. The molecule has 3 nitrogen and oxygen atoms in total. The van der Waals surface area contributed by atoms with Crippen LogP contribution in [0.4, 0.5) is 0 Å². The number of rotatable bonds is 6. The molecule has 3 heteroatoms. The lowest BCUT2D eigenvalue weighted by Crippen LogP contribution is -2.06. The summed E-state index contributed by atoms with van der Waals surface area (Å²) in [6.07, 6.45) is 4.44. The molecular weight excluding hydrogens is 176 g/mol. The Labute approximate surface area is 84.8 Å². The molecule has 76 valence electrons. The minimum absolute atomic E-state index is 0.638. The highest BCUT2D eigenvalue weighted by molar-refractivity contribution is 5.20. The molecule has 1 rings (SSSR count). The van der Waals surface area contributed by atoms with Gasteiger partial charge in [-0.05, 0) is 25.1 Å². The van der Waals surface area contributed by atoms with Crippen molar-refractivity contribution in [3.8, 4) is 5.88 Å². The van der Waals surface area contributed by atoms with E-state index < -0.39 is 0 Å². The predicted octanol–water partition coefficient (Wildman–Crippen LogP) is 1.76. The molecule has 1 aromatic heterocycles. The normalized spacial score (nSPS) is 9.79. The average Bonchev–Trinajstić information content (AvgIpc) is 2.19. The lowest BCUT2D eigenvalue weighted by Gasteiger charge is -2.05. The topological polar surface area (TPSA) is 34.1 Å². The fraction of sp³-hybridized carbons (Fsp3) is 0.364. The van der Waals surface area contributed by atoms with Crippen molar-refractivity contribution in [3.63, 3.8) is 0 Å². The van der Waals surface area contributed by atoms with E-state index in [9.17, 15) is 0 Å². The molecule has 0 saturated heterocycles. The van der Waals surface area contributed by atoms with Crippen molar-refractivity contribution in [2.75, 3.05) is 13.7 Å². The summed E-state index contributed by atoms with van der Waals surface area (Å²) in [5.41, 5.74) is 1.18. The maximum atomic E-state index is 5.42. The first-order valence-electron chi connectivity index (χ1n) is 4.70. The lowest BCUT2D eigenvalue weighted by molar-refractivity contribution is 0.312. The maximum Gasteiger partial charge on any atom is 0.213 e. The van der Waals surface area contributed by atoms with Gasteiger partial charge in [0.15, 0.2) is 0 Å². The van der Waals surface area contributed by atoms with Gasteiger partial charge in [0.05, 0.1) is 6.61 Å². The Bertz CT molecular complexity index is 286. The first-order valence-corrected chi connectivity index (χ1v) is 4.70. The highest BCUT2D eigenvalue weighted by Crippen LogP contribution is 2.09. The minimum Gasteiger partial charge on any atom is -0.477 e. The summed E-state index contributed by atoms with van der Waals surface area (Å²) in [4.78, 5) is 4.11.